The van der Waals surface area contributed by atoms with Crippen molar-refractivity contribution in [1.82, 2.24) is 9.97 Å². The zero-order chi connectivity index (χ0) is 10.7. The fourth-order valence-electron chi connectivity index (χ4n) is 1.53. The summed E-state index contributed by atoms with van der Waals surface area (Å²) in [5.74, 6) is 2.14. The van der Waals surface area contributed by atoms with Crippen LogP contribution >= 0.6 is 0 Å². The molecule has 5 nitrogen and oxygen atoms in total. The summed E-state index contributed by atoms with van der Waals surface area (Å²) in [5, 5.41) is 3.22. The molecule has 0 saturated carbocycles. The van der Waals surface area contributed by atoms with Crippen LogP contribution in [0.2, 0.25) is 0 Å². The van der Waals surface area contributed by atoms with Gasteiger partial charge in [0.25, 0.3) is 0 Å². The van der Waals surface area contributed by atoms with Crippen molar-refractivity contribution >= 4 is 22.4 Å². The second-order valence-electron chi connectivity index (χ2n) is 3.61. The second kappa shape index (κ2) is 4.57. The van der Waals surface area contributed by atoms with Crippen LogP contribution in [0.15, 0.2) is 12.4 Å². The molecular formula is C9H14N4OS. The fourth-order valence-corrected chi connectivity index (χ4v) is 2.83. The van der Waals surface area contributed by atoms with Crippen LogP contribution in [0.5, 0.6) is 0 Å². The highest BCUT2D eigenvalue weighted by atomic mass is 32.2. The van der Waals surface area contributed by atoms with Crippen molar-refractivity contribution in [3.05, 3.63) is 12.4 Å². The Morgan fingerprint density at radius 1 is 1.33 bits per heavy atom. The lowest BCUT2D eigenvalue weighted by atomic mass is 10.2. The molecule has 1 saturated heterocycles. The fraction of sp³-hybridized carbons (Fsp3) is 0.556. The zero-order valence-corrected chi connectivity index (χ0v) is 9.17. The average molecular weight is 226 g/mol. The first-order chi connectivity index (χ1) is 7.24. The number of nitrogens with two attached hydrogens (primary N) is 1. The largest absolute Gasteiger partial charge is 0.396 e. The van der Waals surface area contributed by atoms with Gasteiger partial charge in [0, 0.05) is 28.3 Å². The summed E-state index contributed by atoms with van der Waals surface area (Å²) < 4.78 is 11.1. The summed E-state index contributed by atoms with van der Waals surface area (Å²) in [5.41, 5.74) is 6.05. The molecule has 0 aliphatic carbocycles. The number of hydrogen-bond acceptors (Lipinski definition) is 5. The molecule has 0 atom stereocenters. The molecule has 1 aromatic heterocycles. The Morgan fingerprint density at radius 3 is 2.53 bits per heavy atom. The van der Waals surface area contributed by atoms with Gasteiger partial charge in [-0.2, -0.15) is 0 Å². The van der Waals surface area contributed by atoms with Gasteiger partial charge in [0.2, 0.25) is 5.95 Å². The van der Waals surface area contributed by atoms with Crippen LogP contribution < -0.4 is 11.1 Å². The van der Waals surface area contributed by atoms with Gasteiger partial charge in [-0.05, 0) is 12.8 Å². The van der Waals surface area contributed by atoms with E-state index in [-0.39, 0.29) is 0 Å². The van der Waals surface area contributed by atoms with Gasteiger partial charge in [0.15, 0.2) is 0 Å². The van der Waals surface area contributed by atoms with Gasteiger partial charge in [-0.1, -0.05) is 0 Å². The molecule has 1 aliphatic rings. The summed E-state index contributed by atoms with van der Waals surface area (Å²) in [7, 11) is -0.623. The summed E-state index contributed by atoms with van der Waals surface area (Å²) >= 11 is 0. The predicted octanol–water partition coefficient (Wildman–Crippen LogP) is 0.382. The minimum Gasteiger partial charge on any atom is -0.396 e. The molecule has 6 heteroatoms. The highest BCUT2D eigenvalue weighted by Crippen LogP contribution is 2.13. The van der Waals surface area contributed by atoms with Gasteiger partial charge in [-0.3, -0.25) is 4.21 Å². The number of nitrogens with zero attached hydrogens (tertiary/aromatic N) is 2. The Labute approximate surface area is 91.0 Å². The van der Waals surface area contributed by atoms with Crippen molar-refractivity contribution in [2.75, 3.05) is 22.6 Å². The maximum Gasteiger partial charge on any atom is 0.222 e. The van der Waals surface area contributed by atoms with E-state index in [1.165, 1.54) is 0 Å². The molecule has 82 valence electrons. The number of nitrogens with one attached hydrogen (secondary N) is 1. The molecule has 1 aliphatic heterocycles. The molecule has 0 aromatic carbocycles. The number of anilines is 2. The Kier molecular flexibility index (Phi) is 3.15. The molecule has 0 spiro atoms. The average Bonchev–Trinajstić information content (AvgIpc) is 2.25. The Bertz CT molecular complexity index is 344. The topological polar surface area (TPSA) is 80.9 Å². The Morgan fingerprint density at radius 2 is 1.93 bits per heavy atom. The SMILES string of the molecule is Nc1cnc(NC2CCS(=O)CC2)nc1. The highest BCUT2D eigenvalue weighted by molar-refractivity contribution is 7.85. The number of aromatic nitrogens is 2. The summed E-state index contributed by atoms with van der Waals surface area (Å²) in [6, 6.07) is 0.339. The predicted molar refractivity (Wildman–Crippen MR) is 61.0 cm³/mol. The third kappa shape index (κ3) is 2.89. The van der Waals surface area contributed by atoms with Crippen LogP contribution in [0.4, 0.5) is 11.6 Å². The quantitative estimate of drug-likeness (QED) is 0.762. The number of nitrogen functional groups attached to an aromatic ring is 1. The van der Waals surface area contributed by atoms with Gasteiger partial charge in [-0.25, -0.2) is 9.97 Å². The monoisotopic (exact) mass is 226 g/mol. The van der Waals surface area contributed by atoms with Crippen molar-refractivity contribution in [1.29, 1.82) is 0 Å². The molecule has 2 heterocycles. The summed E-state index contributed by atoms with van der Waals surface area (Å²) in [6.07, 6.45) is 4.99. The van der Waals surface area contributed by atoms with E-state index in [1.54, 1.807) is 12.4 Å². The van der Waals surface area contributed by atoms with Crippen LogP contribution in [0, 0.1) is 0 Å². The highest BCUT2D eigenvalue weighted by Gasteiger charge is 2.17. The van der Waals surface area contributed by atoms with E-state index in [2.05, 4.69) is 15.3 Å². The minimum atomic E-state index is -0.623. The van der Waals surface area contributed by atoms with Gasteiger partial charge in [-0.15, -0.1) is 0 Å². The lowest BCUT2D eigenvalue weighted by molar-refractivity contribution is 0.620. The van der Waals surface area contributed by atoms with E-state index in [0.29, 0.717) is 17.7 Å². The second-order valence-corrected chi connectivity index (χ2v) is 5.30. The van der Waals surface area contributed by atoms with Gasteiger partial charge in [0.1, 0.15) is 0 Å². The van der Waals surface area contributed by atoms with Crippen molar-refractivity contribution < 1.29 is 4.21 Å². The van der Waals surface area contributed by atoms with E-state index in [0.717, 1.165) is 24.3 Å². The molecular weight excluding hydrogens is 212 g/mol. The van der Waals surface area contributed by atoms with Crippen molar-refractivity contribution in [2.45, 2.75) is 18.9 Å². The summed E-state index contributed by atoms with van der Waals surface area (Å²) in [6.45, 7) is 0. The van der Waals surface area contributed by atoms with Crippen LogP contribution in [0.3, 0.4) is 0 Å². The molecule has 0 radical (unpaired) electrons. The normalized spacial score (nSPS) is 26.1. The first-order valence-electron chi connectivity index (χ1n) is 4.93. The Balaban J connectivity index is 1.91. The van der Waals surface area contributed by atoms with E-state index in [4.69, 9.17) is 5.73 Å². The maximum atomic E-state index is 11.1. The molecule has 1 aromatic rings. The van der Waals surface area contributed by atoms with Crippen LogP contribution in [-0.4, -0.2) is 31.7 Å². The zero-order valence-electron chi connectivity index (χ0n) is 8.35. The smallest absolute Gasteiger partial charge is 0.222 e. The third-order valence-corrected chi connectivity index (χ3v) is 3.78. The van der Waals surface area contributed by atoms with Gasteiger partial charge in [0.05, 0.1) is 18.1 Å². The van der Waals surface area contributed by atoms with E-state index in [9.17, 15) is 4.21 Å². The molecule has 15 heavy (non-hydrogen) atoms. The Hall–Kier alpha value is -1.17. The standard InChI is InChI=1S/C9H14N4OS/c10-7-5-11-9(12-6-7)13-8-1-3-15(14)4-2-8/h5-6,8H,1-4,10H2,(H,11,12,13). The first kappa shape index (κ1) is 10.4. The molecule has 0 unspecified atom stereocenters. The van der Waals surface area contributed by atoms with E-state index in [1.807, 2.05) is 0 Å². The van der Waals surface area contributed by atoms with Crippen LogP contribution in [0.1, 0.15) is 12.8 Å². The van der Waals surface area contributed by atoms with E-state index >= 15 is 0 Å². The minimum absolute atomic E-state index is 0.339. The van der Waals surface area contributed by atoms with Crippen LogP contribution in [-0.2, 0) is 10.8 Å². The lowest BCUT2D eigenvalue weighted by Gasteiger charge is -2.22. The van der Waals surface area contributed by atoms with Gasteiger partial charge < -0.3 is 11.1 Å². The van der Waals surface area contributed by atoms with Gasteiger partial charge >= 0.3 is 0 Å². The number of rotatable bonds is 2. The number of hydrogen-bond donors (Lipinski definition) is 2. The molecule has 1 fully saturated rings. The molecule has 3 N–H and O–H groups in total. The summed E-state index contributed by atoms with van der Waals surface area (Å²) in [4.78, 5) is 8.14. The van der Waals surface area contributed by atoms with Crippen molar-refractivity contribution in [2.24, 2.45) is 0 Å². The van der Waals surface area contributed by atoms with Crippen molar-refractivity contribution in [3.63, 3.8) is 0 Å². The first-order valence-corrected chi connectivity index (χ1v) is 6.42. The molecule has 0 bridgehead atoms. The maximum absolute atomic E-state index is 11.1. The lowest BCUT2D eigenvalue weighted by Crippen LogP contribution is -2.30. The molecule has 0 amide bonds. The van der Waals surface area contributed by atoms with Crippen molar-refractivity contribution in [3.8, 4) is 0 Å². The third-order valence-electron chi connectivity index (χ3n) is 2.39. The molecule has 2 rings (SSSR count). The van der Waals surface area contributed by atoms with Crippen LogP contribution in [0.25, 0.3) is 0 Å². The van der Waals surface area contributed by atoms with E-state index < -0.39 is 10.8 Å².